The van der Waals surface area contributed by atoms with Gasteiger partial charge in [-0.25, -0.2) is 4.99 Å². The van der Waals surface area contributed by atoms with Crippen molar-refractivity contribution in [3.05, 3.63) is 59.7 Å². The standard InChI is InChI=1S/C15H11NO2/c1-18-11-7-8-12-13(9-11)16-14(15(12)17)10-5-3-2-4-6-10/h2-9H,1H3. The van der Waals surface area contributed by atoms with Crippen molar-refractivity contribution in [3.63, 3.8) is 0 Å². The minimum Gasteiger partial charge on any atom is -0.497 e. The maximum atomic E-state index is 12.2. The summed E-state index contributed by atoms with van der Waals surface area (Å²) in [7, 11) is 1.60. The van der Waals surface area contributed by atoms with E-state index in [2.05, 4.69) is 4.99 Å². The van der Waals surface area contributed by atoms with E-state index in [-0.39, 0.29) is 5.78 Å². The number of carbonyl (C=O) groups excluding carboxylic acids is 1. The number of nitrogens with zero attached hydrogens (tertiary/aromatic N) is 1. The summed E-state index contributed by atoms with van der Waals surface area (Å²) < 4.78 is 5.14. The Morgan fingerprint density at radius 1 is 1.06 bits per heavy atom. The van der Waals surface area contributed by atoms with Crippen molar-refractivity contribution in [2.24, 2.45) is 4.99 Å². The zero-order chi connectivity index (χ0) is 12.5. The number of carbonyl (C=O) groups is 1. The number of hydrogen-bond donors (Lipinski definition) is 0. The molecule has 0 saturated carbocycles. The minimum absolute atomic E-state index is 0.0288. The molecule has 0 spiro atoms. The molecule has 0 N–H and O–H groups in total. The first kappa shape index (κ1) is 10.7. The van der Waals surface area contributed by atoms with Gasteiger partial charge in [0.25, 0.3) is 0 Å². The van der Waals surface area contributed by atoms with E-state index < -0.39 is 0 Å². The van der Waals surface area contributed by atoms with Crippen molar-refractivity contribution in [2.45, 2.75) is 0 Å². The third kappa shape index (κ3) is 1.61. The van der Waals surface area contributed by atoms with E-state index in [4.69, 9.17) is 4.74 Å². The Labute approximate surface area is 105 Å². The number of hydrogen-bond acceptors (Lipinski definition) is 3. The van der Waals surface area contributed by atoms with E-state index in [9.17, 15) is 4.79 Å². The van der Waals surface area contributed by atoms with E-state index in [1.165, 1.54) is 0 Å². The molecule has 3 nitrogen and oxygen atoms in total. The van der Waals surface area contributed by atoms with Crippen LogP contribution in [0.5, 0.6) is 5.75 Å². The molecule has 2 aromatic rings. The summed E-state index contributed by atoms with van der Waals surface area (Å²) in [6, 6.07) is 14.8. The highest BCUT2D eigenvalue weighted by molar-refractivity contribution is 6.54. The van der Waals surface area contributed by atoms with Crippen LogP contribution in [0, 0.1) is 0 Å². The number of rotatable bonds is 2. The van der Waals surface area contributed by atoms with Gasteiger partial charge < -0.3 is 4.74 Å². The normalized spacial score (nSPS) is 13.2. The van der Waals surface area contributed by atoms with Crippen molar-refractivity contribution < 1.29 is 9.53 Å². The van der Waals surface area contributed by atoms with Crippen molar-refractivity contribution in [1.29, 1.82) is 0 Å². The first-order chi connectivity index (χ1) is 8.79. The van der Waals surface area contributed by atoms with E-state index >= 15 is 0 Å². The second-order valence-corrected chi connectivity index (χ2v) is 4.04. The first-order valence-corrected chi connectivity index (χ1v) is 5.66. The molecule has 1 aliphatic rings. The summed E-state index contributed by atoms with van der Waals surface area (Å²) in [4.78, 5) is 16.6. The summed E-state index contributed by atoms with van der Waals surface area (Å²) in [6.45, 7) is 0. The zero-order valence-electron chi connectivity index (χ0n) is 9.88. The van der Waals surface area contributed by atoms with Gasteiger partial charge in [0, 0.05) is 11.6 Å². The zero-order valence-corrected chi connectivity index (χ0v) is 9.88. The first-order valence-electron chi connectivity index (χ1n) is 5.66. The Bertz CT molecular complexity index is 645. The Hall–Kier alpha value is -2.42. The fourth-order valence-electron chi connectivity index (χ4n) is 2.01. The predicted octanol–water partition coefficient (Wildman–Crippen LogP) is 3.01. The molecule has 3 rings (SSSR count). The monoisotopic (exact) mass is 237 g/mol. The van der Waals surface area contributed by atoms with Crippen LogP contribution < -0.4 is 4.74 Å². The van der Waals surface area contributed by atoms with Crippen LogP contribution in [0.25, 0.3) is 0 Å². The Kier molecular flexibility index (Phi) is 2.45. The van der Waals surface area contributed by atoms with Crippen LogP contribution in [0.4, 0.5) is 5.69 Å². The Balaban J connectivity index is 2.09. The summed E-state index contributed by atoms with van der Waals surface area (Å²) in [6.07, 6.45) is 0. The summed E-state index contributed by atoms with van der Waals surface area (Å²) in [5, 5.41) is 0. The molecule has 88 valence electrons. The molecule has 0 fully saturated rings. The van der Waals surface area contributed by atoms with Crippen molar-refractivity contribution in [1.82, 2.24) is 0 Å². The topological polar surface area (TPSA) is 38.7 Å². The highest BCUT2D eigenvalue weighted by Gasteiger charge is 2.25. The molecule has 1 aliphatic heterocycles. The number of aliphatic imine (C=N–C) groups is 1. The molecule has 0 radical (unpaired) electrons. The average Bonchev–Trinajstić information content (AvgIpc) is 2.76. The van der Waals surface area contributed by atoms with Crippen LogP contribution in [0.15, 0.2) is 53.5 Å². The number of fused-ring (bicyclic) bond motifs is 1. The predicted molar refractivity (Wildman–Crippen MR) is 70.0 cm³/mol. The fourth-order valence-corrected chi connectivity index (χ4v) is 2.01. The third-order valence-corrected chi connectivity index (χ3v) is 2.94. The average molecular weight is 237 g/mol. The van der Waals surface area contributed by atoms with Gasteiger partial charge in [-0.15, -0.1) is 0 Å². The highest BCUT2D eigenvalue weighted by atomic mass is 16.5. The van der Waals surface area contributed by atoms with E-state index in [0.717, 1.165) is 5.56 Å². The van der Waals surface area contributed by atoms with Crippen molar-refractivity contribution >= 4 is 17.2 Å². The fraction of sp³-hybridized carbons (Fsp3) is 0.0667. The van der Waals surface area contributed by atoms with Crippen LogP contribution in [-0.2, 0) is 0 Å². The van der Waals surface area contributed by atoms with Gasteiger partial charge in [-0.2, -0.15) is 0 Å². The molecule has 0 atom stereocenters. The Morgan fingerprint density at radius 3 is 2.56 bits per heavy atom. The quantitative estimate of drug-likeness (QED) is 0.805. The third-order valence-electron chi connectivity index (χ3n) is 2.94. The molecule has 0 aromatic heterocycles. The molecule has 0 amide bonds. The molecule has 2 aromatic carbocycles. The maximum absolute atomic E-state index is 12.2. The number of ether oxygens (including phenoxy) is 1. The second-order valence-electron chi connectivity index (χ2n) is 4.04. The summed E-state index contributed by atoms with van der Waals surface area (Å²) in [5.74, 6) is 0.679. The minimum atomic E-state index is -0.0288. The van der Waals surface area contributed by atoms with Gasteiger partial charge in [-0.1, -0.05) is 30.3 Å². The summed E-state index contributed by atoms with van der Waals surface area (Å²) >= 11 is 0. The maximum Gasteiger partial charge on any atom is 0.214 e. The lowest BCUT2D eigenvalue weighted by Gasteiger charge is -2.00. The molecule has 0 aliphatic carbocycles. The lowest BCUT2D eigenvalue weighted by Crippen LogP contribution is -2.10. The number of ketones is 1. The molecule has 3 heteroatoms. The second kappa shape index (κ2) is 4.11. The molecule has 0 saturated heterocycles. The van der Waals surface area contributed by atoms with Gasteiger partial charge in [-0.05, 0) is 12.1 Å². The van der Waals surface area contributed by atoms with Gasteiger partial charge in [-0.3, -0.25) is 4.79 Å². The van der Waals surface area contributed by atoms with Crippen molar-refractivity contribution in [3.8, 4) is 5.75 Å². The van der Waals surface area contributed by atoms with Gasteiger partial charge in [0.1, 0.15) is 11.5 Å². The smallest absolute Gasteiger partial charge is 0.214 e. The number of Topliss-reactive ketones (excluding diaryl/α,β-unsaturated/α-hetero) is 1. The molecular formula is C15H11NO2. The van der Waals surface area contributed by atoms with Crippen molar-refractivity contribution in [2.75, 3.05) is 7.11 Å². The Morgan fingerprint density at radius 2 is 1.83 bits per heavy atom. The number of benzene rings is 2. The van der Waals surface area contributed by atoms with E-state index in [0.29, 0.717) is 22.7 Å². The molecule has 1 heterocycles. The van der Waals surface area contributed by atoms with E-state index in [1.54, 1.807) is 25.3 Å². The molecular weight excluding hydrogens is 226 g/mol. The lowest BCUT2D eigenvalue weighted by atomic mass is 10.0. The SMILES string of the molecule is COc1ccc2c(c1)N=C(c1ccccc1)C2=O. The highest BCUT2D eigenvalue weighted by Crippen LogP contribution is 2.32. The molecule has 0 bridgehead atoms. The van der Waals surface area contributed by atoms with Gasteiger partial charge >= 0.3 is 0 Å². The van der Waals surface area contributed by atoms with Crippen LogP contribution in [0.1, 0.15) is 15.9 Å². The molecule has 0 unspecified atom stereocenters. The van der Waals surface area contributed by atoms with Gasteiger partial charge in [0.15, 0.2) is 0 Å². The van der Waals surface area contributed by atoms with Gasteiger partial charge in [0.05, 0.1) is 18.4 Å². The van der Waals surface area contributed by atoms with Gasteiger partial charge in [0.2, 0.25) is 5.78 Å². The van der Waals surface area contributed by atoms with Crippen LogP contribution in [0.2, 0.25) is 0 Å². The van der Waals surface area contributed by atoms with E-state index in [1.807, 2.05) is 30.3 Å². The van der Waals surface area contributed by atoms with Crippen LogP contribution in [0.3, 0.4) is 0 Å². The lowest BCUT2D eigenvalue weighted by molar-refractivity contribution is 0.107. The van der Waals surface area contributed by atoms with Crippen LogP contribution in [-0.4, -0.2) is 18.6 Å². The van der Waals surface area contributed by atoms with Crippen LogP contribution >= 0.6 is 0 Å². The summed E-state index contributed by atoms with van der Waals surface area (Å²) in [5.41, 5.74) is 2.66. The molecule has 18 heavy (non-hydrogen) atoms. The largest absolute Gasteiger partial charge is 0.497 e. The number of methoxy groups -OCH3 is 1.